The van der Waals surface area contributed by atoms with Crippen LogP contribution in [0.25, 0.3) is 0 Å². The SMILES string of the molecule is C[C@]12CCC(=NOCCN)CC1NC(=O)[C@@H]1[C@@H]2CC[C@]2(C)C(=O)CC[C@@H]12. The summed E-state index contributed by atoms with van der Waals surface area (Å²) in [6, 6.07) is 0.117. The van der Waals surface area contributed by atoms with Crippen LogP contribution in [-0.2, 0) is 14.4 Å². The number of hydrogen-bond acceptors (Lipinski definition) is 5. The lowest BCUT2D eigenvalue weighted by Crippen LogP contribution is -2.65. The van der Waals surface area contributed by atoms with Crippen molar-refractivity contribution in [2.75, 3.05) is 13.2 Å². The van der Waals surface area contributed by atoms with Gasteiger partial charge in [-0.3, -0.25) is 9.59 Å². The molecule has 0 bridgehead atoms. The monoisotopic (exact) mass is 361 g/mol. The molecular weight excluding hydrogens is 330 g/mol. The van der Waals surface area contributed by atoms with Gasteiger partial charge in [0.25, 0.3) is 0 Å². The lowest BCUT2D eigenvalue weighted by molar-refractivity contribution is -0.153. The first-order valence-electron chi connectivity index (χ1n) is 10.1. The number of nitrogens with two attached hydrogens (primary N) is 1. The topological polar surface area (TPSA) is 93.8 Å². The number of Topliss-reactive ketones (excluding diaryl/α,β-unsaturated/α-hetero) is 1. The summed E-state index contributed by atoms with van der Waals surface area (Å²) in [5.74, 6) is 1.11. The normalized spacial score (nSPS) is 46.3. The highest BCUT2D eigenvalue weighted by Gasteiger charge is 2.62. The summed E-state index contributed by atoms with van der Waals surface area (Å²) in [5.41, 5.74) is 6.28. The van der Waals surface area contributed by atoms with E-state index >= 15 is 0 Å². The van der Waals surface area contributed by atoms with Crippen LogP contribution in [0, 0.1) is 28.6 Å². The summed E-state index contributed by atoms with van der Waals surface area (Å²) in [5, 5.41) is 7.55. The third kappa shape index (κ3) is 2.52. The molecule has 0 aromatic rings. The highest BCUT2D eigenvalue weighted by Crippen LogP contribution is 2.61. The van der Waals surface area contributed by atoms with Crippen LogP contribution in [-0.4, -0.2) is 36.6 Å². The zero-order valence-electron chi connectivity index (χ0n) is 15.9. The summed E-state index contributed by atoms with van der Waals surface area (Å²) in [4.78, 5) is 30.8. The average molecular weight is 361 g/mol. The predicted molar refractivity (Wildman–Crippen MR) is 98.4 cm³/mol. The van der Waals surface area contributed by atoms with Crippen LogP contribution >= 0.6 is 0 Å². The predicted octanol–water partition coefficient (Wildman–Crippen LogP) is 2.02. The molecule has 3 aliphatic carbocycles. The second kappa shape index (κ2) is 6.32. The highest BCUT2D eigenvalue weighted by molar-refractivity contribution is 5.91. The third-order valence-corrected chi connectivity index (χ3v) is 8.04. The van der Waals surface area contributed by atoms with E-state index in [2.05, 4.69) is 24.3 Å². The lowest BCUT2D eigenvalue weighted by Gasteiger charge is -2.58. The highest BCUT2D eigenvalue weighted by atomic mass is 16.6. The smallest absolute Gasteiger partial charge is 0.223 e. The molecule has 0 aromatic carbocycles. The Labute approximate surface area is 155 Å². The molecule has 1 saturated heterocycles. The molecule has 1 amide bonds. The van der Waals surface area contributed by atoms with Crippen LogP contribution in [0.5, 0.6) is 0 Å². The van der Waals surface area contributed by atoms with Gasteiger partial charge in [0.2, 0.25) is 5.91 Å². The second-order valence-corrected chi connectivity index (χ2v) is 9.21. The average Bonchev–Trinajstić information content (AvgIpc) is 2.92. The van der Waals surface area contributed by atoms with E-state index in [1.807, 2.05) is 0 Å². The number of rotatable bonds is 3. The standard InChI is InChI=1S/C20H31N3O3/c1-19-7-5-12(23-26-10-9-21)11-15(19)22-18(25)17-13-3-4-16(24)20(13,2)8-6-14(17)19/h13-15,17H,3-11,21H2,1-2H3,(H,22,25)/t13-,14-,15?,17-,19+,20-/m0/s1. The van der Waals surface area contributed by atoms with E-state index in [0.717, 1.165) is 44.2 Å². The van der Waals surface area contributed by atoms with Crippen molar-refractivity contribution < 1.29 is 14.4 Å². The molecule has 144 valence electrons. The lowest BCUT2D eigenvalue weighted by atomic mass is 9.49. The zero-order chi connectivity index (χ0) is 18.5. The number of carbonyl (C=O) groups is 2. The summed E-state index contributed by atoms with van der Waals surface area (Å²) < 4.78 is 0. The van der Waals surface area contributed by atoms with Gasteiger partial charge in [-0.1, -0.05) is 19.0 Å². The van der Waals surface area contributed by atoms with E-state index in [1.165, 1.54) is 0 Å². The molecule has 4 aliphatic rings. The Kier molecular flexibility index (Phi) is 4.37. The second-order valence-electron chi connectivity index (χ2n) is 9.21. The Morgan fingerprint density at radius 3 is 2.77 bits per heavy atom. The Hall–Kier alpha value is -1.43. The van der Waals surface area contributed by atoms with Gasteiger partial charge in [-0.25, -0.2) is 0 Å². The Bertz CT molecular complexity index is 648. The van der Waals surface area contributed by atoms with Crippen LogP contribution in [0.1, 0.15) is 58.8 Å². The van der Waals surface area contributed by atoms with Crippen LogP contribution in [0.4, 0.5) is 0 Å². The molecule has 6 atom stereocenters. The Balaban J connectivity index is 1.57. The number of nitrogens with one attached hydrogen (secondary N) is 1. The minimum Gasteiger partial charge on any atom is -0.395 e. The number of carbonyl (C=O) groups excluding carboxylic acids is 2. The van der Waals surface area contributed by atoms with Crippen LogP contribution in [0.2, 0.25) is 0 Å². The summed E-state index contributed by atoms with van der Waals surface area (Å²) in [7, 11) is 0. The number of hydrogen-bond donors (Lipinski definition) is 2. The van der Waals surface area contributed by atoms with E-state index in [4.69, 9.17) is 10.6 Å². The van der Waals surface area contributed by atoms with Gasteiger partial charge in [0.1, 0.15) is 12.4 Å². The number of piperidine rings is 1. The largest absolute Gasteiger partial charge is 0.395 e. The maximum atomic E-state index is 13.1. The van der Waals surface area contributed by atoms with Crippen molar-refractivity contribution in [3.8, 4) is 0 Å². The van der Waals surface area contributed by atoms with Gasteiger partial charge >= 0.3 is 0 Å². The van der Waals surface area contributed by atoms with Crippen LogP contribution in [0.3, 0.4) is 0 Å². The minimum atomic E-state index is -0.279. The van der Waals surface area contributed by atoms with Gasteiger partial charge in [-0.15, -0.1) is 0 Å². The molecule has 3 saturated carbocycles. The fraction of sp³-hybridized carbons (Fsp3) is 0.850. The first-order chi connectivity index (χ1) is 12.4. The molecule has 0 radical (unpaired) electrons. The van der Waals surface area contributed by atoms with Crippen molar-refractivity contribution in [1.29, 1.82) is 0 Å². The maximum Gasteiger partial charge on any atom is 0.223 e. The number of ketones is 1. The fourth-order valence-corrected chi connectivity index (χ4v) is 6.38. The van der Waals surface area contributed by atoms with E-state index in [-0.39, 0.29) is 34.6 Å². The summed E-state index contributed by atoms with van der Waals surface area (Å²) in [6.07, 6.45) is 6.14. The molecule has 4 fully saturated rings. The van der Waals surface area contributed by atoms with Crippen molar-refractivity contribution in [2.24, 2.45) is 39.5 Å². The van der Waals surface area contributed by atoms with Crippen molar-refractivity contribution in [3.05, 3.63) is 0 Å². The van der Waals surface area contributed by atoms with Gasteiger partial charge in [0.05, 0.1) is 5.71 Å². The molecule has 0 spiro atoms. The molecule has 1 heterocycles. The van der Waals surface area contributed by atoms with Gasteiger partial charge in [-0.2, -0.15) is 0 Å². The minimum absolute atomic E-state index is 0.00608. The van der Waals surface area contributed by atoms with Gasteiger partial charge < -0.3 is 15.9 Å². The van der Waals surface area contributed by atoms with Crippen LogP contribution in [0.15, 0.2) is 5.16 Å². The number of amides is 1. The van der Waals surface area contributed by atoms with Crippen molar-refractivity contribution >= 4 is 17.4 Å². The van der Waals surface area contributed by atoms with E-state index in [9.17, 15) is 9.59 Å². The molecule has 4 rings (SSSR count). The number of fused-ring (bicyclic) bond motifs is 5. The Morgan fingerprint density at radius 2 is 2.00 bits per heavy atom. The molecule has 1 aliphatic heterocycles. The van der Waals surface area contributed by atoms with E-state index in [1.54, 1.807) is 0 Å². The third-order valence-electron chi connectivity index (χ3n) is 8.04. The van der Waals surface area contributed by atoms with Gasteiger partial charge in [0, 0.05) is 36.8 Å². The molecular formula is C20H31N3O3. The number of oxime groups is 1. The van der Waals surface area contributed by atoms with Crippen molar-refractivity contribution in [3.63, 3.8) is 0 Å². The molecule has 1 unspecified atom stereocenters. The van der Waals surface area contributed by atoms with Crippen molar-refractivity contribution in [2.45, 2.75) is 64.8 Å². The number of nitrogens with zero attached hydrogens (tertiary/aromatic N) is 1. The molecule has 3 N–H and O–H groups in total. The first kappa shape index (κ1) is 18.0. The first-order valence-corrected chi connectivity index (χ1v) is 10.1. The summed E-state index contributed by atoms with van der Waals surface area (Å²) >= 11 is 0. The molecule has 6 nitrogen and oxygen atoms in total. The van der Waals surface area contributed by atoms with E-state index in [0.29, 0.717) is 31.3 Å². The quantitative estimate of drug-likeness (QED) is 0.594. The fourth-order valence-electron chi connectivity index (χ4n) is 6.38. The maximum absolute atomic E-state index is 13.1. The van der Waals surface area contributed by atoms with Crippen LogP contribution < -0.4 is 11.1 Å². The van der Waals surface area contributed by atoms with Gasteiger partial charge in [0.15, 0.2) is 0 Å². The van der Waals surface area contributed by atoms with Gasteiger partial charge in [-0.05, 0) is 49.4 Å². The van der Waals surface area contributed by atoms with E-state index < -0.39 is 0 Å². The summed E-state index contributed by atoms with van der Waals surface area (Å²) in [6.45, 7) is 5.32. The van der Waals surface area contributed by atoms with Crippen molar-refractivity contribution in [1.82, 2.24) is 5.32 Å². The molecule has 6 heteroatoms. The Morgan fingerprint density at radius 1 is 1.19 bits per heavy atom. The molecule has 26 heavy (non-hydrogen) atoms. The molecule has 0 aromatic heterocycles. The zero-order valence-corrected chi connectivity index (χ0v) is 15.9.